The average Bonchev–Trinajstić information content (AvgIpc) is 3.19. The molecule has 1 atom stereocenters. The Kier molecular flexibility index (Phi) is 8.49. The molecule has 0 saturated carbocycles. The summed E-state index contributed by atoms with van der Waals surface area (Å²) in [6, 6.07) is 18.0. The first-order valence-electron chi connectivity index (χ1n) is 11.0. The van der Waals surface area contributed by atoms with Gasteiger partial charge in [0.15, 0.2) is 0 Å². The van der Waals surface area contributed by atoms with Crippen LogP contribution in [0.15, 0.2) is 71.8 Å². The minimum atomic E-state index is 0.0443. The molecule has 3 rings (SSSR count). The van der Waals surface area contributed by atoms with Crippen LogP contribution in [0.5, 0.6) is 5.75 Å². The van der Waals surface area contributed by atoms with Crippen molar-refractivity contribution in [2.75, 3.05) is 13.2 Å². The Morgan fingerprint density at radius 3 is 2.62 bits per heavy atom. The lowest BCUT2D eigenvalue weighted by molar-refractivity contribution is -0.120. The number of nitrogens with zero attached hydrogens (tertiary/aromatic N) is 1. The van der Waals surface area contributed by atoms with Crippen LogP contribution in [-0.2, 0) is 17.6 Å². The number of ether oxygens (including phenoxy) is 1. The topological polar surface area (TPSA) is 76.4 Å². The number of nitrogens with one attached hydrogen (secondary N) is 2. The second-order valence-corrected chi connectivity index (χ2v) is 7.56. The molecule has 0 fully saturated rings. The minimum absolute atomic E-state index is 0.0443. The van der Waals surface area contributed by atoms with E-state index in [0.29, 0.717) is 31.9 Å². The van der Waals surface area contributed by atoms with Crippen LogP contribution in [0.3, 0.4) is 0 Å². The SMILES string of the molecule is C=CN[C@H](CNC(=O)CC)Cc1ccc(OCCc2nc(-c3ccccc3)oc2C)cc1. The molecule has 1 amide bonds. The monoisotopic (exact) mass is 433 g/mol. The van der Waals surface area contributed by atoms with Gasteiger partial charge in [-0.05, 0) is 49.4 Å². The van der Waals surface area contributed by atoms with Crippen molar-refractivity contribution in [2.45, 2.75) is 39.2 Å². The first-order chi connectivity index (χ1) is 15.6. The van der Waals surface area contributed by atoms with Gasteiger partial charge in [-0.1, -0.05) is 43.8 Å². The number of hydrogen-bond acceptors (Lipinski definition) is 5. The van der Waals surface area contributed by atoms with E-state index in [1.807, 2.05) is 68.4 Å². The zero-order valence-electron chi connectivity index (χ0n) is 18.8. The predicted molar refractivity (Wildman–Crippen MR) is 126 cm³/mol. The molecule has 0 aliphatic carbocycles. The number of carbonyl (C=O) groups is 1. The molecule has 1 aromatic heterocycles. The molecule has 1 heterocycles. The zero-order valence-corrected chi connectivity index (χ0v) is 18.8. The quantitative estimate of drug-likeness (QED) is 0.442. The minimum Gasteiger partial charge on any atom is -0.493 e. The summed E-state index contributed by atoms with van der Waals surface area (Å²) in [5.41, 5.74) is 3.03. The number of aromatic nitrogens is 1. The first kappa shape index (κ1) is 23.1. The van der Waals surface area contributed by atoms with Crippen LogP contribution in [0, 0.1) is 6.92 Å². The predicted octanol–water partition coefficient (Wildman–Crippen LogP) is 4.44. The third-order valence-corrected chi connectivity index (χ3v) is 5.15. The standard InChI is InChI=1S/C26H31N3O3/c1-4-25(30)28-18-22(27-5-2)17-20-11-13-23(14-12-20)31-16-15-24-19(3)32-26(29-24)21-9-7-6-8-10-21/h5-14,22,27H,2,4,15-18H2,1,3H3,(H,28,30)/t22-/m0/s1. The van der Waals surface area contributed by atoms with Gasteiger partial charge in [0, 0.05) is 31.0 Å². The molecule has 0 aliphatic heterocycles. The van der Waals surface area contributed by atoms with Gasteiger partial charge in [0.05, 0.1) is 12.3 Å². The van der Waals surface area contributed by atoms with Crippen LogP contribution >= 0.6 is 0 Å². The van der Waals surface area contributed by atoms with E-state index in [-0.39, 0.29) is 11.9 Å². The van der Waals surface area contributed by atoms with E-state index in [4.69, 9.17) is 9.15 Å². The summed E-state index contributed by atoms with van der Waals surface area (Å²) in [7, 11) is 0. The fourth-order valence-electron chi connectivity index (χ4n) is 3.35. The number of amides is 1. The number of benzene rings is 2. The molecule has 0 bridgehead atoms. The number of carbonyl (C=O) groups excluding carboxylic acids is 1. The maximum absolute atomic E-state index is 11.5. The van der Waals surface area contributed by atoms with Gasteiger partial charge in [-0.2, -0.15) is 0 Å². The number of rotatable bonds is 12. The molecule has 32 heavy (non-hydrogen) atoms. The maximum atomic E-state index is 11.5. The van der Waals surface area contributed by atoms with E-state index < -0.39 is 0 Å². The first-order valence-corrected chi connectivity index (χ1v) is 11.0. The Morgan fingerprint density at radius 1 is 1.19 bits per heavy atom. The van der Waals surface area contributed by atoms with Gasteiger partial charge in [-0.25, -0.2) is 4.98 Å². The lowest BCUT2D eigenvalue weighted by Crippen LogP contribution is -2.39. The van der Waals surface area contributed by atoms with E-state index in [9.17, 15) is 4.79 Å². The van der Waals surface area contributed by atoms with E-state index >= 15 is 0 Å². The Bertz CT molecular complexity index is 997. The maximum Gasteiger partial charge on any atom is 0.226 e. The molecule has 168 valence electrons. The van der Waals surface area contributed by atoms with E-state index in [1.165, 1.54) is 0 Å². The highest BCUT2D eigenvalue weighted by Crippen LogP contribution is 2.22. The van der Waals surface area contributed by atoms with Crippen molar-refractivity contribution in [2.24, 2.45) is 0 Å². The van der Waals surface area contributed by atoms with Crippen LogP contribution < -0.4 is 15.4 Å². The van der Waals surface area contributed by atoms with E-state index in [1.54, 1.807) is 6.20 Å². The van der Waals surface area contributed by atoms with Gasteiger partial charge in [-0.3, -0.25) is 4.79 Å². The number of oxazole rings is 1. The lowest BCUT2D eigenvalue weighted by atomic mass is 10.1. The van der Waals surface area contributed by atoms with Crippen molar-refractivity contribution in [1.82, 2.24) is 15.6 Å². The zero-order chi connectivity index (χ0) is 22.8. The summed E-state index contributed by atoms with van der Waals surface area (Å²) < 4.78 is 11.7. The van der Waals surface area contributed by atoms with E-state index in [0.717, 1.165) is 34.8 Å². The summed E-state index contributed by atoms with van der Waals surface area (Å²) in [5.74, 6) is 2.31. The van der Waals surface area contributed by atoms with Crippen molar-refractivity contribution in [3.8, 4) is 17.2 Å². The van der Waals surface area contributed by atoms with Crippen molar-refractivity contribution in [1.29, 1.82) is 0 Å². The average molecular weight is 434 g/mol. The molecular formula is C26H31N3O3. The summed E-state index contributed by atoms with van der Waals surface area (Å²) in [6.07, 6.45) is 3.59. The lowest BCUT2D eigenvalue weighted by Gasteiger charge is -2.18. The largest absolute Gasteiger partial charge is 0.493 e. The molecule has 0 unspecified atom stereocenters. The van der Waals surface area contributed by atoms with Crippen LogP contribution in [0.4, 0.5) is 0 Å². The van der Waals surface area contributed by atoms with Gasteiger partial charge in [-0.15, -0.1) is 0 Å². The Morgan fingerprint density at radius 2 is 1.94 bits per heavy atom. The molecular weight excluding hydrogens is 402 g/mol. The molecule has 6 nitrogen and oxygen atoms in total. The van der Waals surface area contributed by atoms with Gasteiger partial charge in [0.2, 0.25) is 11.8 Å². The van der Waals surface area contributed by atoms with Crippen LogP contribution in [0.2, 0.25) is 0 Å². The van der Waals surface area contributed by atoms with E-state index in [2.05, 4.69) is 22.2 Å². The second kappa shape index (κ2) is 11.7. The highest BCUT2D eigenvalue weighted by molar-refractivity contribution is 5.75. The Balaban J connectivity index is 1.50. The fraction of sp³-hybridized carbons (Fsp3) is 0.308. The third kappa shape index (κ3) is 6.74. The molecule has 0 spiro atoms. The summed E-state index contributed by atoms with van der Waals surface area (Å²) in [5, 5.41) is 6.12. The van der Waals surface area contributed by atoms with Crippen molar-refractivity contribution in [3.63, 3.8) is 0 Å². The van der Waals surface area contributed by atoms with Crippen LogP contribution in [-0.4, -0.2) is 30.1 Å². The van der Waals surface area contributed by atoms with Crippen molar-refractivity contribution < 1.29 is 13.9 Å². The molecule has 2 aromatic carbocycles. The van der Waals surface area contributed by atoms with Crippen molar-refractivity contribution >= 4 is 5.91 Å². The number of hydrogen-bond donors (Lipinski definition) is 2. The molecule has 0 saturated heterocycles. The van der Waals surface area contributed by atoms with Crippen LogP contribution in [0.25, 0.3) is 11.5 Å². The van der Waals surface area contributed by atoms with Gasteiger partial charge in [0.1, 0.15) is 11.5 Å². The van der Waals surface area contributed by atoms with Crippen LogP contribution in [0.1, 0.15) is 30.4 Å². The molecule has 6 heteroatoms. The molecule has 2 N–H and O–H groups in total. The summed E-state index contributed by atoms with van der Waals surface area (Å²) in [6.45, 7) is 8.58. The fourth-order valence-corrected chi connectivity index (χ4v) is 3.35. The van der Waals surface area contributed by atoms with Gasteiger partial charge >= 0.3 is 0 Å². The molecule has 3 aromatic rings. The Hall–Kier alpha value is -3.54. The smallest absolute Gasteiger partial charge is 0.226 e. The number of aryl methyl sites for hydroxylation is 1. The molecule has 0 radical (unpaired) electrons. The highest BCUT2D eigenvalue weighted by Gasteiger charge is 2.12. The summed E-state index contributed by atoms with van der Waals surface area (Å²) >= 11 is 0. The Labute approximate surface area is 189 Å². The second-order valence-electron chi connectivity index (χ2n) is 7.56. The van der Waals surface area contributed by atoms with Crippen molar-refractivity contribution in [3.05, 3.63) is 84.4 Å². The van der Waals surface area contributed by atoms with Gasteiger partial charge in [0.25, 0.3) is 0 Å². The third-order valence-electron chi connectivity index (χ3n) is 5.15. The van der Waals surface area contributed by atoms with Gasteiger partial charge < -0.3 is 19.8 Å². The summed E-state index contributed by atoms with van der Waals surface area (Å²) in [4.78, 5) is 16.1. The normalized spacial score (nSPS) is 11.6. The highest BCUT2D eigenvalue weighted by atomic mass is 16.5. The molecule has 0 aliphatic rings.